The molecule has 5 nitrogen and oxygen atoms in total. The Balaban J connectivity index is 2.37. The molecular formula is C12H12N2O3S. The number of rotatable bonds is 3. The van der Waals surface area contributed by atoms with Crippen LogP contribution >= 0.6 is 0 Å². The van der Waals surface area contributed by atoms with Gasteiger partial charge in [0.1, 0.15) is 4.90 Å². The van der Waals surface area contributed by atoms with E-state index in [-0.39, 0.29) is 10.6 Å². The van der Waals surface area contributed by atoms with Gasteiger partial charge in [0.2, 0.25) is 0 Å². The van der Waals surface area contributed by atoms with E-state index < -0.39 is 10.1 Å². The Morgan fingerprint density at radius 3 is 2.28 bits per heavy atom. The second-order valence-electron chi connectivity index (χ2n) is 3.72. The van der Waals surface area contributed by atoms with Gasteiger partial charge in [0.05, 0.1) is 5.69 Å². The van der Waals surface area contributed by atoms with E-state index in [4.69, 9.17) is 10.3 Å². The van der Waals surface area contributed by atoms with E-state index >= 15 is 0 Å². The first-order valence-corrected chi connectivity index (χ1v) is 6.60. The van der Waals surface area contributed by atoms with Crippen molar-refractivity contribution in [1.29, 1.82) is 0 Å². The fourth-order valence-electron chi connectivity index (χ4n) is 1.52. The summed E-state index contributed by atoms with van der Waals surface area (Å²) in [6.07, 6.45) is 0. The molecule has 18 heavy (non-hydrogen) atoms. The Labute approximate surface area is 105 Å². The summed E-state index contributed by atoms with van der Waals surface area (Å²) >= 11 is 0. The first-order valence-electron chi connectivity index (χ1n) is 5.16. The minimum Gasteiger partial charge on any atom is -0.398 e. The van der Waals surface area contributed by atoms with Gasteiger partial charge in [-0.3, -0.25) is 4.55 Å². The largest absolute Gasteiger partial charge is 0.398 e. The second-order valence-corrected chi connectivity index (χ2v) is 5.11. The molecule has 0 amide bonds. The highest BCUT2D eigenvalue weighted by Gasteiger charge is 2.14. The van der Waals surface area contributed by atoms with E-state index in [0.717, 1.165) is 5.69 Å². The average Bonchev–Trinajstić information content (AvgIpc) is 2.31. The van der Waals surface area contributed by atoms with E-state index in [9.17, 15) is 8.42 Å². The highest BCUT2D eigenvalue weighted by atomic mass is 32.2. The predicted octanol–water partition coefficient (Wildman–Crippen LogP) is 2.26. The van der Waals surface area contributed by atoms with E-state index in [1.165, 1.54) is 12.1 Å². The van der Waals surface area contributed by atoms with Crippen molar-refractivity contribution in [3.8, 4) is 0 Å². The van der Waals surface area contributed by atoms with Gasteiger partial charge < -0.3 is 11.1 Å². The number of anilines is 3. The summed E-state index contributed by atoms with van der Waals surface area (Å²) in [6.45, 7) is 0. The summed E-state index contributed by atoms with van der Waals surface area (Å²) in [6, 6.07) is 13.6. The lowest BCUT2D eigenvalue weighted by atomic mass is 10.2. The molecule has 6 heteroatoms. The summed E-state index contributed by atoms with van der Waals surface area (Å²) in [5, 5.41) is 3.01. The maximum Gasteiger partial charge on any atom is 0.296 e. The SMILES string of the molecule is Nc1ccc(Nc2ccccc2)cc1S(=O)(=O)O. The lowest BCUT2D eigenvalue weighted by molar-refractivity contribution is 0.483. The predicted molar refractivity (Wildman–Crippen MR) is 70.4 cm³/mol. The van der Waals surface area contributed by atoms with Gasteiger partial charge in [0.15, 0.2) is 0 Å². The summed E-state index contributed by atoms with van der Waals surface area (Å²) < 4.78 is 31.2. The van der Waals surface area contributed by atoms with Crippen LogP contribution in [0.2, 0.25) is 0 Å². The minimum atomic E-state index is -4.31. The molecule has 0 aromatic heterocycles. The number of nitrogens with one attached hydrogen (secondary N) is 1. The van der Waals surface area contributed by atoms with E-state index in [1.807, 2.05) is 30.3 Å². The van der Waals surface area contributed by atoms with Crippen LogP contribution in [0.5, 0.6) is 0 Å². The van der Waals surface area contributed by atoms with Crippen LogP contribution in [0, 0.1) is 0 Å². The molecule has 0 saturated carbocycles. The molecule has 0 aliphatic rings. The van der Waals surface area contributed by atoms with Gasteiger partial charge in [0.25, 0.3) is 10.1 Å². The van der Waals surface area contributed by atoms with Crippen LogP contribution in [0.15, 0.2) is 53.4 Å². The average molecular weight is 264 g/mol. The van der Waals surface area contributed by atoms with E-state index in [0.29, 0.717) is 5.69 Å². The highest BCUT2D eigenvalue weighted by molar-refractivity contribution is 7.86. The zero-order valence-corrected chi connectivity index (χ0v) is 10.2. The number of hydrogen-bond donors (Lipinski definition) is 3. The molecule has 0 aliphatic heterocycles. The molecule has 0 radical (unpaired) electrons. The third kappa shape index (κ3) is 2.79. The van der Waals surface area contributed by atoms with Gasteiger partial charge in [-0.1, -0.05) is 18.2 Å². The quantitative estimate of drug-likeness (QED) is 0.584. The second kappa shape index (κ2) is 4.67. The van der Waals surface area contributed by atoms with Gasteiger partial charge >= 0.3 is 0 Å². The van der Waals surface area contributed by atoms with Gasteiger partial charge in [-0.2, -0.15) is 8.42 Å². The molecule has 0 fully saturated rings. The van der Waals surface area contributed by atoms with Crippen molar-refractivity contribution in [2.75, 3.05) is 11.1 Å². The van der Waals surface area contributed by atoms with E-state index in [1.54, 1.807) is 6.07 Å². The fraction of sp³-hybridized carbons (Fsp3) is 0. The lowest BCUT2D eigenvalue weighted by Crippen LogP contribution is -2.04. The van der Waals surface area contributed by atoms with E-state index in [2.05, 4.69) is 5.32 Å². The maximum atomic E-state index is 11.1. The van der Waals surface area contributed by atoms with Crippen LogP contribution in [0.4, 0.5) is 17.1 Å². The van der Waals surface area contributed by atoms with Crippen molar-refractivity contribution in [3.63, 3.8) is 0 Å². The first-order chi connectivity index (χ1) is 8.47. The zero-order chi connectivity index (χ0) is 13.2. The van der Waals surface area contributed by atoms with Crippen LogP contribution in [-0.4, -0.2) is 13.0 Å². The van der Waals surface area contributed by atoms with Gasteiger partial charge in [-0.15, -0.1) is 0 Å². The molecule has 4 N–H and O–H groups in total. The molecule has 0 unspecified atom stereocenters. The standard InChI is InChI=1S/C12H12N2O3S/c13-11-7-6-10(8-12(11)18(15,16)17)14-9-4-2-1-3-5-9/h1-8,14H,13H2,(H,15,16,17). The van der Waals surface area contributed by atoms with Crippen molar-refractivity contribution in [3.05, 3.63) is 48.5 Å². The molecular weight excluding hydrogens is 252 g/mol. The van der Waals surface area contributed by atoms with Crippen LogP contribution in [0.3, 0.4) is 0 Å². The molecule has 0 heterocycles. The Hall–Kier alpha value is -2.05. The molecule has 0 saturated heterocycles. The van der Waals surface area contributed by atoms with Crippen molar-refractivity contribution in [2.24, 2.45) is 0 Å². The molecule has 2 aromatic carbocycles. The van der Waals surface area contributed by atoms with Crippen molar-refractivity contribution >= 4 is 27.2 Å². The molecule has 2 aromatic rings. The highest BCUT2D eigenvalue weighted by Crippen LogP contribution is 2.24. The van der Waals surface area contributed by atoms with Crippen LogP contribution in [-0.2, 0) is 10.1 Å². The summed E-state index contributed by atoms with van der Waals surface area (Å²) in [7, 11) is -4.31. The van der Waals surface area contributed by atoms with Gasteiger partial charge in [-0.25, -0.2) is 0 Å². The van der Waals surface area contributed by atoms with Crippen LogP contribution in [0.25, 0.3) is 0 Å². The zero-order valence-electron chi connectivity index (χ0n) is 9.37. The van der Waals surface area contributed by atoms with Gasteiger partial charge in [0, 0.05) is 11.4 Å². The molecule has 0 aliphatic carbocycles. The van der Waals surface area contributed by atoms with Crippen LogP contribution < -0.4 is 11.1 Å². The number of hydrogen-bond acceptors (Lipinski definition) is 4. The normalized spacial score (nSPS) is 11.2. The summed E-state index contributed by atoms with van der Waals surface area (Å²) in [5.41, 5.74) is 6.85. The molecule has 94 valence electrons. The number of nitrogen functional groups attached to an aromatic ring is 1. The van der Waals surface area contributed by atoms with Gasteiger partial charge in [-0.05, 0) is 30.3 Å². The molecule has 0 spiro atoms. The lowest BCUT2D eigenvalue weighted by Gasteiger charge is -2.09. The number of para-hydroxylation sites is 1. The molecule has 2 rings (SSSR count). The molecule has 0 bridgehead atoms. The molecule has 0 atom stereocenters. The Morgan fingerprint density at radius 2 is 1.67 bits per heavy atom. The minimum absolute atomic E-state index is 0.0103. The van der Waals surface area contributed by atoms with Crippen LogP contribution in [0.1, 0.15) is 0 Å². The third-order valence-electron chi connectivity index (χ3n) is 2.35. The monoisotopic (exact) mass is 264 g/mol. The Bertz CT molecular complexity index is 654. The first kappa shape index (κ1) is 12.4. The summed E-state index contributed by atoms with van der Waals surface area (Å²) in [5.74, 6) is 0. The van der Waals surface area contributed by atoms with Crippen molar-refractivity contribution < 1.29 is 13.0 Å². The van der Waals surface area contributed by atoms with Crippen molar-refractivity contribution in [2.45, 2.75) is 4.90 Å². The van der Waals surface area contributed by atoms with Crippen molar-refractivity contribution in [1.82, 2.24) is 0 Å². The number of benzene rings is 2. The maximum absolute atomic E-state index is 11.1. The number of nitrogens with two attached hydrogens (primary N) is 1. The third-order valence-corrected chi connectivity index (χ3v) is 3.26. The fourth-order valence-corrected chi connectivity index (χ4v) is 2.17. The Morgan fingerprint density at radius 1 is 1.00 bits per heavy atom. The smallest absolute Gasteiger partial charge is 0.296 e. The topological polar surface area (TPSA) is 92.4 Å². The Kier molecular flexibility index (Phi) is 3.22. The summed E-state index contributed by atoms with van der Waals surface area (Å²) in [4.78, 5) is -0.302.